The van der Waals surface area contributed by atoms with Crippen LogP contribution in [0.25, 0.3) is 10.2 Å². The Morgan fingerprint density at radius 2 is 2.26 bits per heavy atom. The van der Waals surface area contributed by atoms with Crippen LogP contribution in [0.3, 0.4) is 0 Å². The van der Waals surface area contributed by atoms with Gasteiger partial charge in [-0.05, 0) is 50.0 Å². The van der Waals surface area contributed by atoms with E-state index in [-0.39, 0.29) is 12.7 Å². The standard InChI is InChI=1S/C18H26N2O2S/c1-3-5-13(4-2)22-17-16-14-10-12(8-9-21)6-7-15(14)23-18(16)20-11-19-17/h11-13,21H,3-10H2,1-2H3. The smallest absolute Gasteiger partial charge is 0.225 e. The van der Waals surface area contributed by atoms with Crippen LogP contribution in [0, 0.1) is 5.92 Å². The fourth-order valence-electron chi connectivity index (χ4n) is 3.50. The zero-order valence-electron chi connectivity index (χ0n) is 14.0. The molecule has 2 atom stereocenters. The van der Waals surface area contributed by atoms with E-state index in [2.05, 4.69) is 23.8 Å². The van der Waals surface area contributed by atoms with Crippen molar-refractivity contribution in [3.05, 3.63) is 16.8 Å². The lowest BCUT2D eigenvalue weighted by atomic mass is 9.85. The van der Waals surface area contributed by atoms with Crippen molar-refractivity contribution < 1.29 is 9.84 Å². The van der Waals surface area contributed by atoms with Crippen LogP contribution in [0.5, 0.6) is 5.88 Å². The average Bonchev–Trinajstić information content (AvgIpc) is 2.93. The van der Waals surface area contributed by atoms with E-state index < -0.39 is 0 Å². The summed E-state index contributed by atoms with van der Waals surface area (Å²) < 4.78 is 6.24. The minimum atomic E-state index is 0.227. The van der Waals surface area contributed by atoms with Gasteiger partial charge in [-0.25, -0.2) is 9.97 Å². The fraction of sp³-hybridized carbons (Fsp3) is 0.667. The molecule has 23 heavy (non-hydrogen) atoms. The quantitative estimate of drug-likeness (QED) is 0.827. The highest BCUT2D eigenvalue weighted by molar-refractivity contribution is 7.18. The van der Waals surface area contributed by atoms with Crippen LogP contribution in [0.15, 0.2) is 6.33 Å². The van der Waals surface area contributed by atoms with E-state index >= 15 is 0 Å². The molecule has 5 heteroatoms. The molecule has 1 aliphatic rings. The first kappa shape index (κ1) is 16.7. The third kappa shape index (κ3) is 3.50. The van der Waals surface area contributed by atoms with Gasteiger partial charge >= 0.3 is 0 Å². The minimum Gasteiger partial charge on any atom is -0.474 e. The molecule has 126 valence electrons. The molecular formula is C18H26N2O2S. The Bertz CT molecular complexity index is 656. The number of hydrogen-bond donors (Lipinski definition) is 1. The maximum Gasteiger partial charge on any atom is 0.225 e. The largest absolute Gasteiger partial charge is 0.474 e. The molecule has 0 saturated heterocycles. The molecule has 0 amide bonds. The highest BCUT2D eigenvalue weighted by Gasteiger charge is 2.26. The van der Waals surface area contributed by atoms with Crippen LogP contribution < -0.4 is 4.74 Å². The summed E-state index contributed by atoms with van der Waals surface area (Å²) in [4.78, 5) is 11.4. The molecule has 2 unspecified atom stereocenters. The lowest BCUT2D eigenvalue weighted by Gasteiger charge is -2.22. The Kier molecular flexibility index (Phi) is 5.49. The van der Waals surface area contributed by atoms with Crippen LogP contribution in [0.4, 0.5) is 0 Å². The monoisotopic (exact) mass is 334 g/mol. The first-order chi connectivity index (χ1) is 11.3. The highest BCUT2D eigenvalue weighted by atomic mass is 32.1. The predicted molar refractivity (Wildman–Crippen MR) is 94.2 cm³/mol. The third-order valence-corrected chi connectivity index (χ3v) is 5.99. The molecule has 2 aromatic heterocycles. The van der Waals surface area contributed by atoms with Gasteiger partial charge in [0.2, 0.25) is 5.88 Å². The number of rotatable bonds is 7. The van der Waals surface area contributed by atoms with Crippen LogP contribution in [0.2, 0.25) is 0 Å². The van der Waals surface area contributed by atoms with Crippen molar-refractivity contribution in [2.45, 2.75) is 64.9 Å². The molecule has 3 rings (SSSR count). The lowest BCUT2D eigenvalue weighted by Crippen LogP contribution is -2.17. The van der Waals surface area contributed by atoms with Gasteiger partial charge in [-0.15, -0.1) is 11.3 Å². The van der Waals surface area contributed by atoms with Gasteiger partial charge in [0.05, 0.1) is 5.39 Å². The van der Waals surface area contributed by atoms with E-state index in [4.69, 9.17) is 4.74 Å². The molecule has 4 nitrogen and oxygen atoms in total. The molecule has 0 aromatic carbocycles. The Hall–Kier alpha value is -1.20. The number of fused-ring (bicyclic) bond motifs is 3. The Labute approximate surface area is 141 Å². The number of aliphatic hydroxyl groups is 1. The third-order valence-electron chi connectivity index (χ3n) is 4.79. The first-order valence-electron chi connectivity index (χ1n) is 8.79. The molecule has 0 saturated carbocycles. The van der Waals surface area contributed by atoms with Gasteiger partial charge in [-0.1, -0.05) is 20.3 Å². The van der Waals surface area contributed by atoms with E-state index in [0.29, 0.717) is 5.92 Å². The number of aryl methyl sites for hydroxylation is 1. The molecule has 0 spiro atoms. The summed E-state index contributed by atoms with van der Waals surface area (Å²) in [6, 6.07) is 0. The number of aromatic nitrogens is 2. The van der Waals surface area contributed by atoms with Crippen LogP contribution in [-0.4, -0.2) is 27.8 Å². The van der Waals surface area contributed by atoms with E-state index in [1.807, 2.05) is 0 Å². The normalized spacial score (nSPS) is 18.8. The number of nitrogens with zero attached hydrogens (tertiary/aromatic N) is 2. The van der Waals surface area contributed by atoms with E-state index in [1.165, 1.54) is 10.4 Å². The Morgan fingerprint density at radius 3 is 3.00 bits per heavy atom. The summed E-state index contributed by atoms with van der Waals surface area (Å²) in [6.07, 6.45) is 9.18. The molecule has 0 fully saturated rings. The van der Waals surface area contributed by atoms with Gasteiger partial charge < -0.3 is 9.84 Å². The van der Waals surface area contributed by atoms with Crippen LogP contribution in [-0.2, 0) is 12.8 Å². The van der Waals surface area contributed by atoms with Gasteiger partial charge in [0.15, 0.2) is 0 Å². The van der Waals surface area contributed by atoms with Gasteiger partial charge in [0.25, 0.3) is 0 Å². The van der Waals surface area contributed by atoms with Crippen molar-refractivity contribution in [3.63, 3.8) is 0 Å². The first-order valence-corrected chi connectivity index (χ1v) is 9.61. The van der Waals surface area contributed by atoms with Gasteiger partial charge in [0, 0.05) is 11.5 Å². The summed E-state index contributed by atoms with van der Waals surface area (Å²) >= 11 is 1.79. The zero-order valence-corrected chi connectivity index (χ0v) is 14.9. The molecule has 2 heterocycles. The number of ether oxygens (including phenoxy) is 1. The molecule has 0 bridgehead atoms. The van der Waals surface area contributed by atoms with E-state index in [0.717, 1.165) is 61.0 Å². The summed E-state index contributed by atoms with van der Waals surface area (Å²) in [7, 11) is 0. The van der Waals surface area contributed by atoms with Gasteiger partial charge in [-0.2, -0.15) is 0 Å². The van der Waals surface area contributed by atoms with Crippen molar-refractivity contribution >= 4 is 21.6 Å². The van der Waals surface area contributed by atoms with E-state index in [9.17, 15) is 5.11 Å². The summed E-state index contributed by atoms with van der Waals surface area (Å²) in [5, 5.41) is 10.4. The predicted octanol–water partition coefficient (Wildman–Crippen LogP) is 4.14. The number of aliphatic hydroxyl groups excluding tert-OH is 1. The Balaban J connectivity index is 1.95. The molecule has 2 aromatic rings. The number of thiophene rings is 1. The molecule has 0 aliphatic heterocycles. The average molecular weight is 334 g/mol. The summed E-state index contributed by atoms with van der Waals surface area (Å²) in [6.45, 7) is 4.63. The SMILES string of the molecule is CCCC(CC)Oc1ncnc2sc3c(c12)CC(CCO)CC3. The lowest BCUT2D eigenvalue weighted by molar-refractivity contribution is 0.180. The summed E-state index contributed by atoms with van der Waals surface area (Å²) in [5.41, 5.74) is 1.37. The summed E-state index contributed by atoms with van der Waals surface area (Å²) in [5.74, 6) is 1.33. The maximum absolute atomic E-state index is 9.25. The number of hydrogen-bond acceptors (Lipinski definition) is 5. The minimum absolute atomic E-state index is 0.227. The topological polar surface area (TPSA) is 55.2 Å². The second kappa shape index (κ2) is 7.58. The fourth-order valence-corrected chi connectivity index (χ4v) is 4.67. The van der Waals surface area contributed by atoms with Gasteiger partial charge in [0.1, 0.15) is 17.3 Å². The maximum atomic E-state index is 9.25. The second-order valence-electron chi connectivity index (χ2n) is 6.42. The highest BCUT2D eigenvalue weighted by Crippen LogP contribution is 2.41. The van der Waals surface area contributed by atoms with Crippen LogP contribution in [0.1, 0.15) is 56.4 Å². The van der Waals surface area contributed by atoms with Crippen molar-refractivity contribution in [2.24, 2.45) is 5.92 Å². The van der Waals surface area contributed by atoms with Crippen molar-refractivity contribution in [1.82, 2.24) is 9.97 Å². The van der Waals surface area contributed by atoms with Crippen molar-refractivity contribution in [3.8, 4) is 5.88 Å². The Morgan fingerprint density at radius 1 is 1.39 bits per heavy atom. The molecule has 1 aliphatic carbocycles. The van der Waals surface area contributed by atoms with Crippen molar-refractivity contribution in [1.29, 1.82) is 0 Å². The van der Waals surface area contributed by atoms with Crippen LogP contribution >= 0.6 is 11.3 Å². The van der Waals surface area contributed by atoms with Gasteiger partial charge in [-0.3, -0.25) is 0 Å². The second-order valence-corrected chi connectivity index (χ2v) is 7.50. The van der Waals surface area contributed by atoms with Crippen molar-refractivity contribution in [2.75, 3.05) is 6.61 Å². The van der Waals surface area contributed by atoms with E-state index in [1.54, 1.807) is 17.7 Å². The molecule has 0 radical (unpaired) electrons. The molecular weight excluding hydrogens is 308 g/mol. The molecule has 1 N–H and O–H groups in total. The zero-order chi connectivity index (χ0) is 16.2.